The molecule has 0 bridgehead atoms. The molecule has 1 rings (SSSR count). The van der Waals surface area contributed by atoms with Crippen LogP contribution in [0.25, 0.3) is 6.08 Å². The predicted molar refractivity (Wildman–Crippen MR) is 42.9 cm³/mol. The van der Waals surface area contributed by atoms with Crippen molar-refractivity contribution in [3.05, 3.63) is 42.0 Å². The van der Waals surface area contributed by atoms with Gasteiger partial charge in [-0.05, 0) is 0 Å². The Labute approximate surface area is 102 Å². The zero-order valence-electron chi connectivity index (χ0n) is 6.82. The summed E-state index contributed by atoms with van der Waals surface area (Å²) in [7, 11) is 0. The van der Waals surface area contributed by atoms with Gasteiger partial charge in [-0.3, -0.25) is 15.5 Å². The standard InChI is InChI=1S/C9H7NO2.Y/c11-9(10-12)7-6-8-4-2-1-3-5-8;/h1-4,6,12H,(H,10,11);/q-2;. The van der Waals surface area contributed by atoms with Crippen molar-refractivity contribution >= 4 is 12.0 Å². The minimum absolute atomic E-state index is 0. The molecule has 0 heterocycles. The fourth-order valence-corrected chi connectivity index (χ4v) is 0.673. The van der Waals surface area contributed by atoms with Gasteiger partial charge in [0.25, 0.3) is 0 Å². The van der Waals surface area contributed by atoms with E-state index in [1.165, 1.54) is 11.6 Å². The molecule has 13 heavy (non-hydrogen) atoms. The van der Waals surface area contributed by atoms with E-state index in [-0.39, 0.29) is 32.7 Å². The molecule has 0 aromatic heterocycles. The Morgan fingerprint density at radius 1 is 1.62 bits per heavy atom. The number of carbonyl (C=O) groups excluding carboxylic acids is 1. The van der Waals surface area contributed by atoms with Crippen molar-refractivity contribution in [3.63, 3.8) is 0 Å². The Hall–Kier alpha value is -0.506. The van der Waals surface area contributed by atoms with Crippen molar-refractivity contribution in [3.8, 4) is 0 Å². The van der Waals surface area contributed by atoms with Gasteiger partial charge < -0.3 is 11.6 Å². The van der Waals surface area contributed by atoms with Crippen molar-refractivity contribution in [2.24, 2.45) is 0 Å². The summed E-state index contributed by atoms with van der Waals surface area (Å²) in [6.07, 6.45) is 3.73. The van der Waals surface area contributed by atoms with Crippen molar-refractivity contribution in [2.75, 3.05) is 0 Å². The summed E-state index contributed by atoms with van der Waals surface area (Å²) in [6.45, 7) is 0. The largest absolute Gasteiger partial charge is 0.304 e. The second-order valence-electron chi connectivity index (χ2n) is 2.05. The van der Waals surface area contributed by atoms with Crippen molar-refractivity contribution in [2.45, 2.75) is 0 Å². The zero-order chi connectivity index (χ0) is 8.81. The molecule has 4 heteroatoms. The number of nitrogens with one attached hydrogen (secondary N) is 1. The van der Waals surface area contributed by atoms with Crippen LogP contribution in [0.5, 0.6) is 0 Å². The van der Waals surface area contributed by atoms with Gasteiger partial charge in [-0.2, -0.15) is 12.1 Å². The molecular weight excluding hydrogens is 243 g/mol. The van der Waals surface area contributed by atoms with Crippen LogP contribution < -0.4 is 5.48 Å². The van der Waals surface area contributed by atoms with Gasteiger partial charge in [0.15, 0.2) is 5.91 Å². The van der Waals surface area contributed by atoms with Crippen LogP contribution in [0.2, 0.25) is 0 Å². The third-order valence-corrected chi connectivity index (χ3v) is 1.19. The number of rotatable bonds is 2. The van der Waals surface area contributed by atoms with Gasteiger partial charge in [0.05, 0.1) is 0 Å². The molecule has 1 aromatic carbocycles. The molecule has 0 unspecified atom stereocenters. The Morgan fingerprint density at radius 3 is 2.92 bits per heavy atom. The van der Waals surface area contributed by atoms with E-state index in [0.717, 1.165) is 5.56 Å². The molecule has 0 atom stereocenters. The molecule has 2 N–H and O–H groups in total. The zero-order valence-corrected chi connectivity index (χ0v) is 9.66. The first-order chi connectivity index (χ1) is 5.83. The Kier molecular flexibility index (Phi) is 6.68. The number of hydrogen-bond acceptors (Lipinski definition) is 2. The normalized spacial score (nSPS) is 9.31. The number of hydrogen-bond donors (Lipinski definition) is 2. The third-order valence-electron chi connectivity index (χ3n) is 1.19. The molecule has 1 amide bonds. The number of amides is 1. The third kappa shape index (κ3) is 4.93. The van der Waals surface area contributed by atoms with Gasteiger partial charge in [-0.1, -0.05) is 0 Å². The molecule has 0 aliphatic carbocycles. The second kappa shape index (κ2) is 6.95. The molecule has 1 radical (unpaired) electrons. The van der Waals surface area contributed by atoms with E-state index in [1.807, 2.05) is 12.1 Å². The van der Waals surface area contributed by atoms with Crippen LogP contribution in [-0.2, 0) is 37.5 Å². The average Bonchev–Trinajstić information content (AvgIpc) is 2.16. The monoisotopic (exact) mass is 250 g/mol. The first-order valence-corrected chi connectivity index (χ1v) is 3.33. The number of carbonyl (C=O) groups is 1. The summed E-state index contributed by atoms with van der Waals surface area (Å²) in [6, 6.07) is 10.0. The minimum Gasteiger partial charge on any atom is -0.304 e. The molecule has 0 saturated carbocycles. The first kappa shape index (κ1) is 12.5. The van der Waals surface area contributed by atoms with Gasteiger partial charge >= 0.3 is 0 Å². The molecular formula is C9H7NO2Y-2. The maximum absolute atomic E-state index is 10.5. The molecule has 65 valence electrons. The van der Waals surface area contributed by atoms with Crippen LogP contribution in [0.15, 0.2) is 24.3 Å². The summed E-state index contributed by atoms with van der Waals surface area (Å²) in [5.74, 6) is -0.674. The molecule has 0 spiro atoms. The van der Waals surface area contributed by atoms with E-state index < -0.39 is 5.91 Å². The fourth-order valence-electron chi connectivity index (χ4n) is 0.673. The number of hydroxylamine groups is 1. The number of benzene rings is 1. The van der Waals surface area contributed by atoms with Crippen LogP contribution in [0.1, 0.15) is 5.56 Å². The summed E-state index contributed by atoms with van der Waals surface area (Å²) in [5, 5.41) is 8.12. The maximum Gasteiger partial charge on any atom is 0.166 e. The summed E-state index contributed by atoms with van der Waals surface area (Å²) >= 11 is 0. The second-order valence-corrected chi connectivity index (χ2v) is 2.05. The van der Waals surface area contributed by atoms with Crippen LogP contribution in [0, 0.1) is 12.1 Å². The van der Waals surface area contributed by atoms with Crippen molar-refractivity contribution in [1.29, 1.82) is 0 Å². The van der Waals surface area contributed by atoms with Crippen LogP contribution in [-0.4, -0.2) is 11.1 Å². The van der Waals surface area contributed by atoms with E-state index >= 15 is 0 Å². The summed E-state index contributed by atoms with van der Waals surface area (Å²) in [4.78, 5) is 10.5. The van der Waals surface area contributed by atoms with Crippen molar-refractivity contribution in [1.82, 2.24) is 5.48 Å². The average molecular weight is 250 g/mol. The Morgan fingerprint density at radius 2 is 2.38 bits per heavy atom. The van der Waals surface area contributed by atoms with Gasteiger partial charge in [0, 0.05) is 32.7 Å². The van der Waals surface area contributed by atoms with Gasteiger partial charge in [-0.15, -0.1) is 6.07 Å². The summed E-state index contributed by atoms with van der Waals surface area (Å²) < 4.78 is 0. The van der Waals surface area contributed by atoms with E-state index in [0.29, 0.717) is 0 Å². The minimum atomic E-state index is -0.674. The molecule has 3 nitrogen and oxygen atoms in total. The van der Waals surface area contributed by atoms with E-state index in [1.54, 1.807) is 12.1 Å². The molecule has 0 aliphatic heterocycles. The van der Waals surface area contributed by atoms with Crippen LogP contribution in [0.3, 0.4) is 0 Å². The van der Waals surface area contributed by atoms with Gasteiger partial charge in [-0.25, -0.2) is 18.2 Å². The fraction of sp³-hybridized carbons (Fsp3) is 0. The van der Waals surface area contributed by atoms with Crippen molar-refractivity contribution < 1.29 is 42.7 Å². The maximum atomic E-state index is 10.5. The van der Waals surface area contributed by atoms with Gasteiger partial charge in [0.1, 0.15) is 0 Å². The molecule has 0 fully saturated rings. The van der Waals surface area contributed by atoms with E-state index in [4.69, 9.17) is 5.21 Å². The van der Waals surface area contributed by atoms with Crippen LogP contribution in [0.4, 0.5) is 0 Å². The quantitative estimate of drug-likeness (QED) is 0.353. The molecule has 0 saturated heterocycles. The molecule has 0 aliphatic rings. The molecule has 1 aromatic rings. The summed E-state index contributed by atoms with van der Waals surface area (Å²) in [5.41, 5.74) is 2.18. The smallest absolute Gasteiger partial charge is 0.166 e. The predicted octanol–water partition coefficient (Wildman–Crippen LogP) is 0.806. The van der Waals surface area contributed by atoms with E-state index in [9.17, 15) is 4.79 Å². The Balaban J connectivity index is 0.00000144. The van der Waals surface area contributed by atoms with Crippen LogP contribution >= 0.6 is 0 Å². The first-order valence-electron chi connectivity index (χ1n) is 3.33. The topological polar surface area (TPSA) is 49.3 Å². The SMILES string of the molecule is O=C([C-]=Cc1[c-]cccc1)NO.[Y]. The van der Waals surface area contributed by atoms with Gasteiger partial charge in [0.2, 0.25) is 0 Å². The Bertz CT molecular complexity index is 285. The van der Waals surface area contributed by atoms with E-state index in [2.05, 4.69) is 12.1 Å².